The highest BCUT2D eigenvalue weighted by molar-refractivity contribution is 7.17. The fourth-order valence-electron chi connectivity index (χ4n) is 3.67. The second-order valence-corrected chi connectivity index (χ2v) is 8.47. The van der Waals surface area contributed by atoms with Crippen molar-refractivity contribution in [3.8, 4) is 17.2 Å². The average molecular weight is 466 g/mol. The number of benzene rings is 2. The van der Waals surface area contributed by atoms with Gasteiger partial charge < -0.3 is 14.8 Å². The van der Waals surface area contributed by atoms with E-state index in [1.54, 1.807) is 35.7 Å². The zero-order chi connectivity index (χ0) is 23.7. The van der Waals surface area contributed by atoms with Crippen LogP contribution in [-0.4, -0.2) is 29.3 Å². The lowest BCUT2D eigenvalue weighted by Crippen LogP contribution is -2.40. The molecule has 33 heavy (non-hydrogen) atoms. The van der Waals surface area contributed by atoms with Gasteiger partial charge in [-0.25, -0.2) is 9.36 Å². The molecule has 4 rings (SSSR count). The van der Waals surface area contributed by atoms with Crippen LogP contribution in [0.5, 0.6) is 11.5 Å². The van der Waals surface area contributed by atoms with Crippen LogP contribution in [-0.2, 0) is 11.3 Å². The fraction of sp³-hybridized carbons (Fsp3) is 0.208. The average Bonchev–Trinajstić information content (AvgIpc) is 3.29. The summed E-state index contributed by atoms with van der Waals surface area (Å²) in [5, 5.41) is 4.51. The Morgan fingerprint density at radius 1 is 1.00 bits per heavy atom. The van der Waals surface area contributed by atoms with Crippen LogP contribution in [0.2, 0.25) is 0 Å². The Morgan fingerprint density at radius 2 is 1.76 bits per heavy atom. The minimum atomic E-state index is -0.568. The summed E-state index contributed by atoms with van der Waals surface area (Å²) >= 11 is 1.24. The number of aromatic nitrogens is 2. The second-order valence-electron chi connectivity index (χ2n) is 7.55. The molecule has 0 aliphatic carbocycles. The number of anilines is 1. The molecule has 8 nitrogen and oxygen atoms in total. The van der Waals surface area contributed by atoms with E-state index >= 15 is 0 Å². The monoisotopic (exact) mass is 465 g/mol. The van der Waals surface area contributed by atoms with Crippen molar-refractivity contribution >= 4 is 33.1 Å². The number of rotatable bonds is 6. The Kier molecular flexibility index (Phi) is 6.06. The lowest BCUT2D eigenvalue weighted by Gasteiger charge is -2.15. The molecule has 0 spiro atoms. The van der Waals surface area contributed by atoms with E-state index < -0.39 is 17.2 Å². The first-order valence-corrected chi connectivity index (χ1v) is 11.0. The van der Waals surface area contributed by atoms with Crippen molar-refractivity contribution in [2.45, 2.75) is 20.4 Å². The number of methoxy groups -OCH3 is 2. The van der Waals surface area contributed by atoms with Crippen LogP contribution in [0, 0.1) is 13.8 Å². The maximum absolute atomic E-state index is 13.5. The van der Waals surface area contributed by atoms with Gasteiger partial charge in [0.1, 0.15) is 11.2 Å². The quantitative estimate of drug-likeness (QED) is 0.471. The number of ether oxygens (including phenoxy) is 2. The molecule has 0 saturated heterocycles. The van der Waals surface area contributed by atoms with E-state index in [0.717, 1.165) is 15.7 Å². The van der Waals surface area contributed by atoms with E-state index in [2.05, 4.69) is 5.32 Å². The Bertz CT molecular complexity index is 1480. The SMILES string of the molecule is COc1ccc(NC(=O)Cn2c(=O)n(-c3cc(C)ccc3C)c(=O)c3sccc32)cc1OC. The molecule has 0 bridgehead atoms. The highest BCUT2D eigenvalue weighted by Crippen LogP contribution is 2.29. The number of hydrogen-bond acceptors (Lipinski definition) is 6. The van der Waals surface area contributed by atoms with Crippen LogP contribution in [0.1, 0.15) is 11.1 Å². The Balaban J connectivity index is 1.76. The standard InChI is InChI=1S/C24H23N3O5S/c1-14-5-6-15(2)18(11-14)27-23(29)22-17(9-10-33-22)26(24(27)30)13-21(28)25-16-7-8-19(31-3)20(12-16)32-4/h5-12H,13H2,1-4H3,(H,25,28). The molecule has 0 aliphatic rings. The molecule has 1 amide bonds. The lowest BCUT2D eigenvalue weighted by atomic mass is 10.1. The minimum Gasteiger partial charge on any atom is -0.493 e. The number of thiophene rings is 1. The first-order valence-electron chi connectivity index (χ1n) is 10.2. The van der Waals surface area contributed by atoms with Crippen molar-refractivity contribution in [1.29, 1.82) is 0 Å². The molecule has 0 saturated carbocycles. The molecule has 1 N–H and O–H groups in total. The summed E-state index contributed by atoms with van der Waals surface area (Å²) in [6.45, 7) is 3.48. The third kappa shape index (κ3) is 4.14. The molecule has 0 radical (unpaired) electrons. The van der Waals surface area contributed by atoms with Crippen LogP contribution >= 0.6 is 11.3 Å². The van der Waals surface area contributed by atoms with Crippen molar-refractivity contribution in [3.63, 3.8) is 0 Å². The number of nitrogens with zero attached hydrogens (tertiary/aromatic N) is 2. The molecule has 170 valence electrons. The summed E-state index contributed by atoms with van der Waals surface area (Å²) in [6.07, 6.45) is 0. The van der Waals surface area contributed by atoms with Crippen molar-refractivity contribution in [1.82, 2.24) is 9.13 Å². The zero-order valence-corrected chi connectivity index (χ0v) is 19.5. The van der Waals surface area contributed by atoms with Crippen molar-refractivity contribution in [2.75, 3.05) is 19.5 Å². The van der Waals surface area contributed by atoms with Crippen LogP contribution in [0.25, 0.3) is 15.9 Å². The summed E-state index contributed by atoms with van der Waals surface area (Å²) in [4.78, 5) is 39.5. The Labute approximate surface area is 193 Å². The Hall–Kier alpha value is -3.85. The number of carbonyl (C=O) groups is 1. The fourth-order valence-corrected chi connectivity index (χ4v) is 4.50. The maximum atomic E-state index is 13.5. The van der Waals surface area contributed by atoms with Gasteiger partial charge in [0.25, 0.3) is 5.56 Å². The number of nitrogens with one attached hydrogen (secondary N) is 1. The zero-order valence-electron chi connectivity index (χ0n) is 18.7. The third-order valence-corrected chi connectivity index (χ3v) is 6.22. The predicted octanol–water partition coefficient (Wildman–Crippen LogP) is 3.49. The summed E-state index contributed by atoms with van der Waals surface area (Å²) in [5.41, 5.74) is 2.18. The van der Waals surface area contributed by atoms with Crippen LogP contribution < -0.4 is 26.0 Å². The van der Waals surface area contributed by atoms with Gasteiger partial charge in [-0.05, 0) is 54.6 Å². The predicted molar refractivity (Wildman–Crippen MR) is 129 cm³/mol. The van der Waals surface area contributed by atoms with E-state index in [0.29, 0.717) is 33.1 Å². The summed E-state index contributed by atoms with van der Waals surface area (Å²) in [5.74, 6) is 0.589. The normalized spacial score (nSPS) is 10.9. The second kappa shape index (κ2) is 8.95. The van der Waals surface area contributed by atoms with Gasteiger partial charge in [-0.2, -0.15) is 0 Å². The van der Waals surface area contributed by atoms with Gasteiger partial charge in [0.05, 0.1) is 25.4 Å². The third-order valence-electron chi connectivity index (χ3n) is 5.33. The van der Waals surface area contributed by atoms with Crippen molar-refractivity contribution < 1.29 is 14.3 Å². The lowest BCUT2D eigenvalue weighted by molar-refractivity contribution is -0.116. The molecule has 2 aromatic carbocycles. The van der Waals surface area contributed by atoms with E-state index in [4.69, 9.17) is 9.47 Å². The molecule has 4 aromatic rings. The number of hydrogen-bond donors (Lipinski definition) is 1. The van der Waals surface area contributed by atoms with Gasteiger partial charge in [-0.15, -0.1) is 11.3 Å². The first-order chi connectivity index (χ1) is 15.8. The van der Waals surface area contributed by atoms with Gasteiger partial charge in [0.15, 0.2) is 11.5 Å². The van der Waals surface area contributed by atoms with E-state index in [1.807, 2.05) is 26.0 Å². The highest BCUT2D eigenvalue weighted by Gasteiger charge is 2.19. The minimum absolute atomic E-state index is 0.258. The topological polar surface area (TPSA) is 91.6 Å². The van der Waals surface area contributed by atoms with Gasteiger partial charge >= 0.3 is 5.69 Å². The molecule has 2 heterocycles. The highest BCUT2D eigenvalue weighted by atomic mass is 32.1. The Morgan fingerprint density at radius 3 is 2.48 bits per heavy atom. The number of aryl methyl sites for hydroxylation is 2. The number of carbonyl (C=O) groups excluding carboxylic acids is 1. The number of fused-ring (bicyclic) bond motifs is 1. The molecule has 2 aromatic heterocycles. The van der Waals surface area contributed by atoms with Crippen molar-refractivity contribution in [3.05, 3.63) is 79.8 Å². The molecule has 0 unspecified atom stereocenters. The molecular weight excluding hydrogens is 442 g/mol. The molecule has 0 atom stereocenters. The summed E-state index contributed by atoms with van der Waals surface area (Å²) in [6, 6.07) is 12.3. The molecule has 0 fully saturated rings. The van der Waals surface area contributed by atoms with Gasteiger partial charge in [0, 0.05) is 11.8 Å². The van der Waals surface area contributed by atoms with Crippen molar-refractivity contribution in [2.24, 2.45) is 0 Å². The maximum Gasteiger partial charge on any atom is 0.336 e. The van der Waals surface area contributed by atoms with E-state index in [9.17, 15) is 14.4 Å². The van der Waals surface area contributed by atoms with E-state index in [1.165, 1.54) is 30.1 Å². The first kappa shape index (κ1) is 22.3. The van der Waals surface area contributed by atoms with Gasteiger partial charge in [0.2, 0.25) is 5.91 Å². The number of amides is 1. The van der Waals surface area contributed by atoms with Gasteiger partial charge in [-0.3, -0.25) is 14.2 Å². The van der Waals surface area contributed by atoms with Crippen LogP contribution in [0.15, 0.2) is 57.4 Å². The van der Waals surface area contributed by atoms with Crippen LogP contribution in [0.4, 0.5) is 5.69 Å². The van der Waals surface area contributed by atoms with Gasteiger partial charge in [-0.1, -0.05) is 12.1 Å². The summed E-state index contributed by atoms with van der Waals surface area (Å²) in [7, 11) is 3.03. The molecule has 0 aliphatic heterocycles. The van der Waals surface area contributed by atoms with Crippen LogP contribution in [0.3, 0.4) is 0 Å². The smallest absolute Gasteiger partial charge is 0.336 e. The van der Waals surface area contributed by atoms with E-state index in [-0.39, 0.29) is 6.54 Å². The molecule has 9 heteroatoms. The molecular formula is C24H23N3O5S. The summed E-state index contributed by atoms with van der Waals surface area (Å²) < 4.78 is 13.4. The largest absolute Gasteiger partial charge is 0.493 e.